The average molecular weight is 259 g/mol. The van der Waals surface area contributed by atoms with Gasteiger partial charge in [0.05, 0.1) is 4.34 Å². The van der Waals surface area contributed by atoms with Gasteiger partial charge in [-0.05, 0) is 31.4 Å². The Morgan fingerprint density at radius 2 is 2.25 bits per heavy atom. The van der Waals surface area contributed by atoms with Crippen LogP contribution in [-0.4, -0.2) is 23.5 Å². The Kier molecular flexibility index (Phi) is 3.90. The van der Waals surface area contributed by atoms with Crippen molar-refractivity contribution >= 4 is 22.9 Å². The van der Waals surface area contributed by atoms with Crippen LogP contribution in [0.5, 0.6) is 0 Å². The molecular weight excluding hydrogens is 240 g/mol. The molecule has 2 heterocycles. The summed E-state index contributed by atoms with van der Waals surface area (Å²) in [6.45, 7) is 6.64. The predicted molar refractivity (Wildman–Crippen MR) is 71.0 cm³/mol. The van der Waals surface area contributed by atoms with E-state index < -0.39 is 0 Å². The van der Waals surface area contributed by atoms with Gasteiger partial charge < -0.3 is 5.73 Å². The molecule has 2 rings (SSSR count). The molecule has 0 radical (unpaired) electrons. The number of rotatable bonds is 2. The monoisotopic (exact) mass is 258 g/mol. The first-order valence-corrected chi connectivity index (χ1v) is 7.01. The molecule has 1 fully saturated rings. The van der Waals surface area contributed by atoms with Crippen LogP contribution in [0, 0.1) is 5.92 Å². The zero-order valence-electron chi connectivity index (χ0n) is 9.82. The van der Waals surface area contributed by atoms with Crippen molar-refractivity contribution < 1.29 is 0 Å². The van der Waals surface area contributed by atoms with Gasteiger partial charge in [-0.1, -0.05) is 18.5 Å². The molecule has 1 aromatic rings. The van der Waals surface area contributed by atoms with Crippen molar-refractivity contribution in [3.8, 4) is 0 Å². The quantitative estimate of drug-likeness (QED) is 0.884. The van der Waals surface area contributed by atoms with Crippen molar-refractivity contribution in [3.63, 3.8) is 0 Å². The summed E-state index contributed by atoms with van der Waals surface area (Å²) < 4.78 is 0.879. The molecule has 1 aliphatic heterocycles. The first-order valence-electron chi connectivity index (χ1n) is 5.82. The first-order chi connectivity index (χ1) is 7.58. The number of piperidine rings is 1. The van der Waals surface area contributed by atoms with E-state index in [2.05, 4.69) is 24.8 Å². The molecule has 0 spiro atoms. The third-order valence-corrected chi connectivity index (χ3v) is 4.97. The number of hydrogen-bond donors (Lipinski definition) is 1. The maximum absolute atomic E-state index is 6.08. The highest BCUT2D eigenvalue weighted by Gasteiger charge is 2.30. The summed E-state index contributed by atoms with van der Waals surface area (Å²) in [5, 5.41) is 0. The second-order valence-electron chi connectivity index (χ2n) is 4.73. The van der Waals surface area contributed by atoms with Crippen LogP contribution in [0.25, 0.3) is 0 Å². The highest BCUT2D eigenvalue weighted by molar-refractivity contribution is 7.16. The fourth-order valence-corrected chi connectivity index (χ4v) is 3.44. The fourth-order valence-electron chi connectivity index (χ4n) is 2.33. The van der Waals surface area contributed by atoms with E-state index >= 15 is 0 Å². The normalized spacial score (nSPS) is 31.9. The summed E-state index contributed by atoms with van der Waals surface area (Å²) in [5.41, 5.74) is 6.08. The summed E-state index contributed by atoms with van der Waals surface area (Å²) >= 11 is 7.62. The lowest BCUT2D eigenvalue weighted by Crippen LogP contribution is -2.51. The lowest BCUT2D eigenvalue weighted by atomic mass is 9.88. The minimum atomic E-state index is 0.359. The van der Waals surface area contributed by atoms with Gasteiger partial charge in [0.15, 0.2) is 0 Å². The summed E-state index contributed by atoms with van der Waals surface area (Å²) in [6, 6.07) is 5.02. The van der Waals surface area contributed by atoms with Crippen molar-refractivity contribution in [2.45, 2.75) is 38.9 Å². The van der Waals surface area contributed by atoms with E-state index in [1.54, 1.807) is 11.3 Å². The fraction of sp³-hybridized carbons (Fsp3) is 0.667. The lowest BCUT2D eigenvalue weighted by Gasteiger charge is -2.41. The summed E-state index contributed by atoms with van der Waals surface area (Å²) in [6.07, 6.45) is 1.10. The van der Waals surface area contributed by atoms with Gasteiger partial charge in [0.2, 0.25) is 0 Å². The molecule has 4 heteroatoms. The van der Waals surface area contributed by atoms with E-state index in [1.807, 2.05) is 6.07 Å². The van der Waals surface area contributed by atoms with Crippen LogP contribution in [-0.2, 0) is 6.54 Å². The second-order valence-corrected chi connectivity index (χ2v) is 6.53. The topological polar surface area (TPSA) is 29.3 Å². The number of thiophene rings is 1. The van der Waals surface area contributed by atoms with Crippen LogP contribution < -0.4 is 5.73 Å². The van der Waals surface area contributed by atoms with Gasteiger partial charge in [-0.25, -0.2) is 0 Å². The SMILES string of the molecule is CC1C(N)CCN(Cc2ccc(Cl)s2)C1C. The van der Waals surface area contributed by atoms with Crippen molar-refractivity contribution in [3.05, 3.63) is 21.3 Å². The Labute approximate surface area is 106 Å². The second kappa shape index (κ2) is 5.05. The highest BCUT2D eigenvalue weighted by atomic mass is 35.5. The molecule has 0 saturated carbocycles. The van der Waals surface area contributed by atoms with Gasteiger partial charge in [-0.3, -0.25) is 4.90 Å². The van der Waals surface area contributed by atoms with Gasteiger partial charge in [-0.15, -0.1) is 11.3 Å². The van der Waals surface area contributed by atoms with Gasteiger partial charge in [-0.2, -0.15) is 0 Å². The van der Waals surface area contributed by atoms with Crippen molar-refractivity contribution in [2.24, 2.45) is 11.7 Å². The van der Waals surface area contributed by atoms with E-state index in [0.29, 0.717) is 18.0 Å². The minimum Gasteiger partial charge on any atom is -0.327 e. The van der Waals surface area contributed by atoms with Crippen LogP contribution in [0.4, 0.5) is 0 Å². The van der Waals surface area contributed by atoms with Crippen LogP contribution in [0.1, 0.15) is 25.1 Å². The Hall–Kier alpha value is -0.0900. The first kappa shape index (κ1) is 12.4. The maximum Gasteiger partial charge on any atom is 0.0931 e. The Morgan fingerprint density at radius 3 is 2.88 bits per heavy atom. The molecule has 1 saturated heterocycles. The molecule has 90 valence electrons. The van der Waals surface area contributed by atoms with Crippen molar-refractivity contribution in [2.75, 3.05) is 6.54 Å². The molecule has 1 aromatic heterocycles. The van der Waals surface area contributed by atoms with Crippen LogP contribution >= 0.6 is 22.9 Å². The molecule has 3 unspecified atom stereocenters. The molecule has 1 aliphatic rings. The van der Waals surface area contributed by atoms with Crippen molar-refractivity contribution in [1.29, 1.82) is 0 Å². The molecule has 3 atom stereocenters. The van der Waals surface area contributed by atoms with Crippen LogP contribution in [0.3, 0.4) is 0 Å². The zero-order valence-corrected chi connectivity index (χ0v) is 11.4. The average Bonchev–Trinajstić information content (AvgIpc) is 2.65. The van der Waals surface area contributed by atoms with E-state index in [0.717, 1.165) is 23.8 Å². The summed E-state index contributed by atoms with van der Waals surface area (Å²) in [5.74, 6) is 0.573. The molecule has 2 nitrogen and oxygen atoms in total. The largest absolute Gasteiger partial charge is 0.327 e. The van der Waals surface area contributed by atoms with Gasteiger partial charge in [0.1, 0.15) is 0 Å². The third-order valence-electron chi connectivity index (χ3n) is 3.75. The molecule has 2 N–H and O–H groups in total. The summed E-state index contributed by atoms with van der Waals surface area (Å²) in [7, 11) is 0. The summed E-state index contributed by atoms with van der Waals surface area (Å²) in [4.78, 5) is 3.86. The van der Waals surface area contributed by atoms with Gasteiger partial charge in [0.25, 0.3) is 0 Å². The smallest absolute Gasteiger partial charge is 0.0931 e. The van der Waals surface area contributed by atoms with E-state index in [4.69, 9.17) is 17.3 Å². The number of likely N-dealkylation sites (tertiary alicyclic amines) is 1. The number of nitrogens with two attached hydrogens (primary N) is 1. The number of nitrogens with zero attached hydrogens (tertiary/aromatic N) is 1. The van der Waals surface area contributed by atoms with Crippen LogP contribution in [0.2, 0.25) is 4.34 Å². The lowest BCUT2D eigenvalue weighted by molar-refractivity contribution is 0.0920. The van der Waals surface area contributed by atoms with E-state index in [1.165, 1.54) is 4.88 Å². The number of halogens is 1. The zero-order chi connectivity index (χ0) is 11.7. The minimum absolute atomic E-state index is 0.359. The molecule has 16 heavy (non-hydrogen) atoms. The predicted octanol–water partition coefficient (Wildman–Crippen LogP) is 2.96. The highest BCUT2D eigenvalue weighted by Crippen LogP contribution is 2.27. The Bertz CT molecular complexity index is 353. The molecular formula is C12H19ClN2S. The molecule has 0 bridgehead atoms. The molecule has 0 aliphatic carbocycles. The Balaban J connectivity index is 2.00. The van der Waals surface area contributed by atoms with E-state index in [-0.39, 0.29) is 0 Å². The number of hydrogen-bond acceptors (Lipinski definition) is 3. The van der Waals surface area contributed by atoms with Gasteiger partial charge >= 0.3 is 0 Å². The van der Waals surface area contributed by atoms with Crippen LogP contribution in [0.15, 0.2) is 12.1 Å². The van der Waals surface area contributed by atoms with Crippen molar-refractivity contribution in [1.82, 2.24) is 4.90 Å². The standard InChI is InChI=1S/C12H19ClN2S/c1-8-9(2)15(6-5-11(8)14)7-10-3-4-12(13)16-10/h3-4,8-9,11H,5-7,14H2,1-2H3. The maximum atomic E-state index is 6.08. The molecule has 0 aromatic carbocycles. The Morgan fingerprint density at radius 1 is 1.50 bits per heavy atom. The molecule has 0 amide bonds. The van der Waals surface area contributed by atoms with Gasteiger partial charge in [0, 0.05) is 30.1 Å². The van der Waals surface area contributed by atoms with E-state index in [9.17, 15) is 0 Å². The third kappa shape index (κ3) is 2.59.